The largest absolute Gasteiger partial charge is 0.492 e. The van der Waals surface area contributed by atoms with E-state index in [1.807, 2.05) is 31.2 Å². The summed E-state index contributed by atoms with van der Waals surface area (Å²) < 4.78 is 21.1. The Morgan fingerprint density at radius 3 is 2.41 bits per heavy atom. The molecule has 3 aliphatic heterocycles. The Balaban J connectivity index is 0.817. The van der Waals surface area contributed by atoms with Crippen LogP contribution in [0.4, 0.5) is 15.9 Å². The number of aliphatic hydroxyl groups excluding tert-OH is 1. The van der Waals surface area contributed by atoms with Crippen molar-refractivity contribution in [3.63, 3.8) is 0 Å². The third kappa shape index (κ3) is 13.5. The number of ether oxygens (including phenoxy) is 1. The van der Waals surface area contributed by atoms with E-state index in [1.165, 1.54) is 28.0 Å². The number of nitrogens with two attached hydrogens (primary N) is 1. The number of thiazole rings is 1. The maximum absolute atomic E-state index is 14.7. The van der Waals surface area contributed by atoms with Gasteiger partial charge < -0.3 is 46.2 Å². The molecule has 0 bridgehead atoms. The second-order valence-electron chi connectivity index (χ2n) is 20.8. The number of piperazine rings is 1. The number of rotatable bonds is 17. The van der Waals surface area contributed by atoms with Crippen molar-refractivity contribution in [3.05, 3.63) is 70.6 Å². The van der Waals surface area contributed by atoms with E-state index in [0.29, 0.717) is 71.3 Å². The first-order valence-electron chi connectivity index (χ1n) is 24.7. The number of hydrogen-bond acceptors (Lipinski definition) is 15. The van der Waals surface area contributed by atoms with Crippen molar-refractivity contribution in [2.45, 2.75) is 119 Å². The average Bonchev–Trinajstić information content (AvgIpc) is 3.76. The van der Waals surface area contributed by atoms with Crippen LogP contribution in [-0.2, 0) is 30.5 Å². The van der Waals surface area contributed by atoms with E-state index in [2.05, 4.69) is 47.6 Å². The summed E-state index contributed by atoms with van der Waals surface area (Å²) in [6.07, 6.45) is 4.08. The molecule has 4 fully saturated rings. The molecular formula is C51H65ClFN11O7S2. The number of nitrogens with one attached hydrogen (secondary N) is 3. The molecule has 2 aromatic heterocycles. The van der Waals surface area contributed by atoms with Crippen LogP contribution in [0.3, 0.4) is 0 Å². The van der Waals surface area contributed by atoms with Gasteiger partial charge in [0, 0.05) is 81.3 Å². The average molecular weight is 1060 g/mol. The summed E-state index contributed by atoms with van der Waals surface area (Å²) in [4.78, 5) is 89.6. The van der Waals surface area contributed by atoms with E-state index in [0.717, 1.165) is 47.9 Å². The Kier molecular flexibility index (Phi) is 16.6. The molecule has 4 aromatic rings. The number of aromatic nitrogens is 3. The van der Waals surface area contributed by atoms with Gasteiger partial charge in [-0.3, -0.25) is 28.9 Å². The van der Waals surface area contributed by atoms with E-state index in [-0.39, 0.29) is 50.2 Å². The van der Waals surface area contributed by atoms with Crippen molar-refractivity contribution in [2.24, 2.45) is 11.1 Å². The number of halogens is 2. The first-order chi connectivity index (χ1) is 34.7. The minimum atomic E-state index is -1.99. The Morgan fingerprint density at radius 1 is 1.01 bits per heavy atom. The normalized spacial score (nSPS) is 20.0. The summed E-state index contributed by atoms with van der Waals surface area (Å²) in [5.74, 6) is -1.32. The zero-order valence-electron chi connectivity index (χ0n) is 41.9. The number of hydrogen-bond donors (Lipinski definition) is 5. The van der Waals surface area contributed by atoms with Crippen molar-refractivity contribution in [1.82, 2.24) is 40.3 Å². The molecule has 0 spiro atoms. The van der Waals surface area contributed by atoms with Gasteiger partial charge in [0.15, 0.2) is 5.67 Å². The number of nitrogens with zero attached hydrogens (tertiary/aromatic N) is 7. The van der Waals surface area contributed by atoms with Crippen molar-refractivity contribution < 1.29 is 38.2 Å². The molecule has 3 atom stereocenters. The molecule has 5 amide bonds. The van der Waals surface area contributed by atoms with Gasteiger partial charge in [-0.1, -0.05) is 62.3 Å². The van der Waals surface area contributed by atoms with Crippen molar-refractivity contribution in [1.29, 1.82) is 0 Å². The number of benzene rings is 2. The number of β-amino-alcohol motifs (C(OH)–C–C–N with tert-alkyl or cyclic N) is 1. The second kappa shape index (κ2) is 22.6. The van der Waals surface area contributed by atoms with Gasteiger partial charge in [-0.15, -0.1) is 11.3 Å². The molecule has 2 aromatic carbocycles. The number of carbonyl (C=O) groups excluding carboxylic acids is 5. The van der Waals surface area contributed by atoms with Gasteiger partial charge in [-0.25, -0.2) is 19.3 Å². The highest BCUT2D eigenvalue weighted by Crippen LogP contribution is 2.41. The number of amides is 5. The van der Waals surface area contributed by atoms with Crippen molar-refractivity contribution >= 4 is 75.7 Å². The van der Waals surface area contributed by atoms with Gasteiger partial charge in [-0.2, -0.15) is 0 Å². The third-order valence-corrected chi connectivity index (χ3v) is 16.4. The van der Waals surface area contributed by atoms with E-state index in [1.54, 1.807) is 55.7 Å². The molecule has 18 nitrogen and oxygen atoms in total. The van der Waals surface area contributed by atoms with Crippen LogP contribution in [0.5, 0.6) is 5.75 Å². The zero-order valence-corrected chi connectivity index (χ0v) is 44.3. The number of likely N-dealkylation sites (tertiary alicyclic amines) is 1. The van der Waals surface area contributed by atoms with Crippen molar-refractivity contribution in [2.75, 3.05) is 69.2 Å². The van der Waals surface area contributed by atoms with Crippen LogP contribution >= 0.6 is 34.7 Å². The van der Waals surface area contributed by atoms with Gasteiger partial charge in [-0.05, 0) is 68.7 Å². The van der Waals surface area contributed by atoms with E-state index < -0.39 is 52.9 Å². The Morgan fingerprint density at radius 2 is 1.75 bits per heavy atom. The fraction of sp³-hybridized carbons (Fsp3) is 0.529. The smallest absolute Gasteiger partial charge is 0.258 e. The molecule has 22 heteroatoms. The zero-order chi connectivity index (χ0) is 52.2. The number of aliphatic hydroxyl groups is 1. The van der Waals surface area contributed by atoms with Crippen LogP contribution in [0.15, 0.2) is 64.2 Å². The van der Waals surface area contributed by atoms with Gasteiger partial charge in [0.05, 0.1) is 45.3 Å². The van der Waals surface area contributed by atoms with Crippen LogP contribution < -0.4 is 31.3 Å². The minimum absolute atomic E-state index is 0.000213. The summed E-state index contributed by atoms with van der Waals surface area (Å²) in [6.45, 7) is 13.7. The number of piperidine rings is 1. The summed E-state index contributed by atoms with van der Waals surface area (Å²) >= 11 is 9.58. The highest BCUT2D eigenvalue weighted by atomic mass is 35.5. The molecule has 4 aliphatic rings. The molecule has 2 unspecified atom stereocenters. The van der Waals surface area contributed by atoms with E-state index in [9.17, 15) is 33.5 Å². The van der Waals surface area contributed by atoms with Gasteiger partial charge in [0.2, 0.25) is 23.6 Å². The molecule has 5 heterocycles. The first kappa shape index (κ1) is 53.8. The maximum Gasteiger partial charge on any atom is 0.258 e. The summed E-state index contributed by atoms with van der Waals surface area (Å²) in [5, 5.41) is 20.0. The second-order valence-corrected chi connectivity index (χ2v) is 23.1. The summed E-state index contributed by atoms with van der Waals surface area (Å²) in [6, 6.07) is 8.89. The molecule has 6 N–H and O–H groups in total. The van der Waals surface area contributed by atoms with Gasteiger partial charge in [0.1, 0.15) is 41.7 Å². The number of anilines is 2. The predicted molar refractivity (Wildman–Crippen MR) is 278 cm³/mol. The van der Waals surface area contributed by atoms with Gasteiger partial charge in [0.25, 0.3) is 5.91 Å². The van der Waals surface area contributed by atoms with Gasteiger partial charge >= 0.3 is 0 Å². The SMILES string of the molecule is Cc1ncsc1-c1ccc(CNC(=O)C2CC(O)CN2C(=O)[C@@H](NC(=O)C2(F)CC2)C(C)(C)C)c(OCCN2CCN(C(=O)CC(=O)Nc3cccc(Sc4cnc(N5CCC(C)(N)CC5)cn4)c3Cl)CC2)c1. The monoisotopic (exact) mass is 1060 g/mol. The molecule has 392 valence electrons. The van der Waals surface area contributed by atoms with Crippen molar-refractivity contribution in [3.8, 4) is 16.2 Å². The Hall–Kier alpha value is -5.45. The van der Waals surface area contributed by atoms with Crippen LogP contribution in [-0.4, -0.2) is 153 Å². The molecule has 3 saturated heterocycles. The fourth-order valence-corrected chi connectivity index (χ4v) is 11.0. The van der Waals surface area contributed by atoms with E-state index >= 15 is 0 Å². The summed E-state index contributed by atoms with van der Waals surface area (Å²) in [5.41, 5.74) is 7.94. The molecule has 0 radical (unpaired) electrons. The highest BCUT2D eigenvalue weighted by Gasteiger charge is 2.53. The fourth-order valence-electron chi connectivity index (χ4n) is 9.09. The Labute approximate surface area is 438 Å². The number of carbonyl (C=O) groups is 5. The number of aryl methyl sites for hydroxylation is 1. The maximum atomic E-state index is 14.7. The molecule has 1 saturated carbocycles. The lowest BCUT2D eigenvalue weighted by atomic mass is 9.85. The first-order valence-corrected chi connectivity index (χ1v) is 26.8. The Bertz CT molecular complexity index is 2670. The summed E-state index contributed by atoms with van der Waals surface area (Å²) in [7, 11) is 0. The van der Waals surface area contributed by atoms with Crippen LogP contribution in [0.1, 0.15) is 77.5 Å². The molecule has 1 aliphatic carbocycles. The lowest BCUT2D eigenvalue weighted by molar-refractivity contribution is -0.145. The lowest BCUT2D eigenvalue weighted by Crippen LogP contribution is -2.59. The third-order valence-electron chi connectivity index (χ3n) is 13.9. The lowest BCUT2D eigenvalue weighted by Gasteiger charge is -2.37. The molecule has 73 heavy (non-hydrogen) atoms. The van der Waals surface area contributed by atoms with Crippen LogP contribution in [0.25, 0.3) is 10.4 Å². The minimum Gasteiger partial charge on any atom is -0.492 e. The van der Waals surface area contributed by atoms with E-state index in [4.69, 9.17) is 22.1 Å². The molecule has 8 rings (SSSR count). The van der Waals surface area contributed by atoms with Crippen LogP contribution in [0.2, 0.25) is 5.02 Å². The highest BCUT2D eigenvalue weighted by molar-refractivity contribution is 7.99. The predicted octanol–water partition coefficient (Wildman–Crippen LogP) is 5.19. The topological polar surface area (TPSA) is 229 Å². The standard InChI is InChI=1S/C51H65ClFN11O7S2/c1-31-44(72-30-58-31)32-9-10-33(26-57-46(68)36-24-34(65)29-64(36)47(69)45(49(2,3)4)60-48(70)51(53)11-12-51)37(23-32)71-22-21-61-17-19-63(20-18-61)42(67)25-40(66)59-35-7-6-8-38(43(35)52)73-41-28-55-39(27-56-41)62-15-13-50(5,54)14-16-62/h6-10,23,27-28,30,34,36,45,65H,11-22,24-26,29,54H2,1-5H3,(H,57,68)(H,59,66)(H,60,70)/t34?,36?,45-/m1/s1. The quantitative estimate of drug-likeness (QED) is 0.0858. The van der Waals surface area contributed by atoms with Crippen LogP contribution in [0, 0.1) is 12.3 Å². The molecular weight excluding hydrogens is 997 g/mol. The number of alkyl halides is 1.